The summed E-state index contributed by atoms with van der Waals surface area (Å²) in [5.41, 5.74) is 0.788. The van der Waals surface area contributed by atoms with Gasteiger partial charge in [-0.1, -0.05) is 6.92 Å². The summed E-state index contributed by atoms with van der Waals surface area (Å²) in [7, 11) is 0. The molecule has 1 saturated heterocycles. The van der Waals surface area contributed by atoms with Crippen LogP contribution in [-0.4, -0.2) is 50.7 Å². The van der Waals surface area contributed by atoms with Gasteiger partial charge in [0.1, 0.15) is 6.33 Å². The van der Waals surface area contributed by atoms with Crippen LogP contribution in [0.1, 0.15) is 19.8 Å². The van der Waals surface area contributed by atoms with Gasteiger partial charge in [-0.15, -0.1) is 10.2 Å². The maximum absolute atomic E-state index is 4.33. The number of nitrogens with one attached hydrogen (secondary N) is 1. The molecule has 0 saturated carbocycles. The Kier molecular flexibility index (Phi) is 3.59. The van der Waals surface area contributed by atoms with Crippen LogP contribution < -0.4 is 5.32 Å². The van der Waals surface area contributed by atoms with E-state index in [1.807, 2.05) is 10.6 Å². The predicted octanol–water partition coefficient (Wildman–Crippen LogP) is 1.27. The number of nitrogens with zero attached hydrogens (tertiary/aromatic N) is 5. The highest BCUT2D eigenvalue weighted by Crippen LogP contribution is 2.13. The minimum absolute atomic E-state index is 0.600. The SMILES string of the molecule is CC(CNc1nccn2cnnc12)CN1CCCC1. The Labute approximate surface area is 112 Å². The van der Waals surface area contributed by atoms with Crippen LogP contribution in [0.4, 0.5) is 5.82 Å². The predicted molar refractivity (Wildman–Crippen MR) is 74.1 cm³/mol. The first-order valence-corrected chi connectivity index (χ1v) is 6.93. The highest BCUT2D eigenvalue weighted by molar-refractivity contribution is 5.61. The molecule has 0 aliphatic carbocycles. The molecular formula is C13H20N6. The Hall–Kier alpha value is -1.69. The van der Waals surface area contributed by atoms with Gasteiger partial charge in [0.15, 0.2) is 5.82 Å². The van der Waals surface area contributed by atoms with E-state index >= 15 is 0 Å². The van der Waals surface area contributed by atoms with Crippen molar-refractivity contribution in [2.75, 3.05) is 31.5 Å². The van der Waals surface area contributed by atoms with Crippen molar-refractivity contribution in [1.29, 1.82) is 0 Å². The lowest BCUT2D eigenvalue weighted by Crippen LogP contribution is -2.29. The monoisotopic (exact) mass is 260 g/mol. The molecule has 102 valence electrons. The molecule has 1 fully saturated rings. The molecule has 0 amide bonds. The zero-order chi connectivity index (χ0) is 13.1. The molecule has 19 heavy (non-hydrogen) atoms. The Balaban J connectivity index is 1.57. The second-order valence-electron chi connectivity index (χ2n) is 5.33. The molecule has 1 N–H and O–H groups in total. The molecule has 2 aromatic heterocycles. The smallest absolute Gasteiger partial charge is 0.203 e. The Morgan fingerprint density at radius 1 is 1.37 bits per heavy atom. The van der Waals surface area contributed by atoms with E-state index in [0.29, 0.717) is 5.92 Å². The summed E-state index contributed by atoms with van der Waals surface area (Å²) in [6.45, 7) is 6.85. The number of anilines is 1. The topological polar surface area (TPSA) is 58.4 Å². The number of rotatable bonds is 5. The fourth-order valence-corrected chi connectivity index (χ4v) is 2.62. The fourth-order valence-electron chi connectivity index (χ4n) is 2.62. The van der Waals surface area contributed by atoms with E-state index in [0.717, 1.165) is 24.6 Å². The Morgan fingerprint density at radius 3 is 3.05 bits per heavy atom. The summed E-state index contributed by atoms with van der Waals surface area (Å²) in [4.78, 5) is 6.87. The molecule has 1 aliphatic rings. The van der Waals surface area contributed by atoms with Crippen LogP contribution in [0.3, 0.4) is 0 Å². The second kappa shape index (κ2) is 5.52. The second-order valence-corrected chi connectivity index (χ2v) is 5.33. The van der Waals surface area contributed by atoms with Gasteiger partial charge in [-0.25, -0.2) is 4.98 Å². The normalized spacial score (nSPS) is 17.9. The molecule has 3 rings (SSSR count). The first kappa shape index (κ1) is 12.3. The van der Waals surface area contributed by atoms with Crippen LogP contribution >= 0.6 is 0 Å². The molecule has 0 bridgehead atoms. The fraction of sp³-hybridized carbons (Fsp3) is 0.615. The van der Waals surface area contributed by atoms with E-state index in [1.54, 1.807) is 12.5 Å². The number of fused-ring (bicyclic) bond motifs is 1. The lowest BCUT2D eigenvalue weighted by Gasteiger charge is -2.20. The molecule has 2 aromatic rings. The molecule has 1 aliphatic heterocycles. The van der Waals surface area contributed by atoms with E-state index in [1.165, 1.54) is 25.9 Å². The third-order valence-corrected chi connectivity index (χ3v) is 3.60. The van der Waals surface area contributed by atoms with E-state index in [2.05, 4.69) is 32.3 Å². The van der Waals surface area contributed by atoms with Gasteiger partial charge in [0.25, 0.3) is 0 Å². The summed E-state index contributed by atoms with van der Waals surface area (Å²) in [5, 5.41) is 11.4. The number of hydrogen-bond acceptors (Lipinski definition) is 5. The van der Waals surface area contributed by atoms with Gasteiger partial charge in [-0.05, 0) is 31.8 Å². The average Bonchev–Trinajstić information content (AvgIpc) is 3.06. The van der Waals surface area contributed by atoms with E-state index < -0.39 is 0 Å². The first-order chi connectivity index (χ1) is 9.33. The standard InChI is InChI=1S/C13H20N6/c1-11(9-18-5-2-3-6-18)8-15-12-13-17-16-10-19(13)7-4-14-12/h4,7,10-11H,2-3,5-6,8-9H2,1H3,(H,14,15). The number of likely N-dealkylation sites (tertiary alicyclic amines) is 1. The molecular weight excluding hydrogens is 240 g/mol. The summed E-state index contributed by atoms with van der Waals surface area (Å²) < 4.78 is 1.88. The molecule has 1 atom stereocenters. The van der Waals surface area contributed by atoms with Crippen LogP contribution in [-0.2, 0) is 0 Å². The molecule has 6 heteroatoms. The lowest BCUT2D eigenvalue weighted by atomic mass is 10.1. The summed E-state index contributed by atoms with van der Waals surface area (Å²) >= 11 is 0. The zero-order valence-electron chi connectivity index (χ0n) is 11.3. The van der Waals surface area contributed by atoms with Crippen molar-refractivity contribution in [2.24, 2.45) is 5.92 Å². The minimum atomic E-state index is 0.600. The maximum atomic E-state index is 4.33. The van der Waals surface area contributed by atoms with Crippen molar-refractivity contribution in [1.82, 2.24) is 24.5 Å². The van der Waals surface area contributed by atoms with Gasteiger partial charge < -0.3 is 10.2 Å². The van der Waals surface area contributed by atoms with E-state index in [9.17, 15) is 0 Å². The van der Waals surface area contributed by atoms with Gasteiger partial charge in [-0.3, -0.25) is 4.40 Å². The largest absolute Gasteiger partial charge is 0.367 e. The molecule has 0 spiro atoms. The molecule has 1 unspecified atom stereocenters. The van der Waals surface area contributed by atoms with Crippen molar-refractivity contribution in [3.05, 3.63) is 18.7 Å². The summed E-state index contributed by atoms with van der Waals surface area (Å²) in [5.74, 6) is 1.41. The summed E-state index contributed by atoms with van der Waals surface area (Å²) in [6, 6.07) is 0. The quantitative estimate of drug-likeness (QED) is 0.877. The van der Waals surface area contributed by atoms with Crippen molar-refractivity contribution in [3.8, 4) is 0 Å². The third kappa shape index (κ3) is 2.84. The first-order valence-electron chi connectivity index (χ1n) is 6.93. The third-order valence-electron chi connectivity index (χ3n) is 3.60. The Bertz CT molecular complexity index is 531. The van der Waals surface area contributed by atoms with E-state index in [-0.39, 0.29) is 0 Å². The van der Waals surface area contributed by atoms with Crippen molar-refractivity contribution in [2.45, 2.75) is 19.8 Å². The van der Waals surface area contributed by atoms with Gasteiger partial charge in [0.2, 0.25) is 5.65 Å². The van der Waals surface area contributed by atoms with Gasteiger partial charge in [0.05, 0.1) is 0 Å². The van der Waals surface area contributed by atoms with Gasteiger partial charge in [0, 0.05) is 25.5 Å². The van der Waals surface area contributed by atoms with Crippen molar-refractivity contribution >= 4 is 11.5 Å². The van der Waals surface area contributed by atoms with Crippen molar-refractivity contribution < 1.29 is 0 Å². The van der Waals surface area contributed by atoms with Gasteiger partial charge in [-0.2, -0.15) is 0 Å². The van der Waals surface area contributed by atoms with Crippen molar-refractivity contribution in [3.63, 3.8) is 0 Å². The highest BCUT2D eigenvalue weighted by atomic mass is 15.2. The number of aromatic nitrogens is 4. The molecule has 0 aromatic carbocycles. The molecule has 3 heterocycles. The van der Waals surface area contributed by atoms with Crippen LogP contribution in [0.5, 0.6) is 0 Å². The molecule has 0 radical (unpaired) electrons. The molecule has 6 nitrogen and oxygen atoms in total. The lowest BCUT2D eigenvalue weighted by molar-refractivity contribution is 0.294. The number of hydrogen-bond donors (Lipinski definition) is 1. The highest BCUT2D eigenvalue weighted by Gasteiger charge is 2.15. The zero-order valence-corrected chi connectivity index (χ0v) is 11.3. The maximum Gasteiger partial charge on any atom is 0.203 e. The Morgan fingerprint density at radius 2 is 2.21 bits per heavy atom. The van der Waals surface area contributed by atoms with Crippen LogP contribution in [0, 0.1) is 5.92 Å². The van der Waals surface area contributed by atoms with Crippen LogP contribution in [0.25, 0.3) is 5.65 Å². The van der Waals surface area contributed by atoms with Crippen LogP contribution in [0.2, 0.25) is 0 Å². The minimum Gasteiger partial charge on any atom is -0.367 e. The average molecular weight is 260 g/mol. The van der Waals surface area contributed by atoms with Gasteiger partial charge >= 0.3 is 0 Å². The summed E-state index contributed by atoms with van der Waals surface area (Å²) in [6.07, 6.45) is 8.01. The van der Waals surface area contributed by atoms with Crippen LogP contribution in [0.15, 0.2) is 18.7 Å². The van der Waals surface area contributed by atoms with E-state index in [4.69, 9.17) is 0 Å².